The zero-order chi connectivity index (χ0) is 14.2. The number of hydrogen-bond acceptors (Lipinski definition) is 4. The molecule has 0 radical (unpaired) electrons. The summed E-state index contributed by atoms with van der Waals surface area (Å²) in [6.45, 7) is 2.05. The number of rotatable bonds is 4. The second kappa shape index (κ2) is 5.13. The lowest BCUT2D eigenvalue weighted by Crippen LogP contribution is -2.22. The third kappa shape index (κ3) is 2.75. The van der Waals surface area contributed by atoms with E-state index in [0.29, 0.717) is 0 Å². The Morgan fingerprint density at radius 1 is 1.20 bits per heavy atom. The number of ether oxygens (including phenoxy) is 1. The summed E-state index contributed by atoms with van der Waals surface area (Å²) >= 11 is 0. The monoisotopic (exact) mass is 296 g/mol. The molecular formula is C15H20O4S. The minimum absolute atomic E-state index is 0.0528. The third-order valence-corrected chi connectivity index (χ3v) is 5.59. The SMILES string of the molecule is Cc1ccc(S(=O)(=O)OC[C@@H]2OC23CCCCC3)cc1. The molecule has 1 heterocycles. The second-order valence-electron chi connectivity index (χ2n) is 5.78. The average molecular weight is 296 g/mol. The molecular weight excluding hydrogens is 276 g/mol. The van der Waals surface area contributed by atoms with Gasteiger partial charge in [-0.2, -0.15) is 8.42 Å². The van der Waals surface area contributed by atoms with Crippen molar-refractivity contribution in [2.45, 2.75) is 55.6 Å². The molecule has 1 aliphatic carbocycles. The molecule has 4 nitrogen and oxygen atoms in total. The molecule has 1 saturated carbocycles. The van der Waals surface area contributed by atoms with Gasteiger partial charge in [-0.3, -0.25) is 4.18 Å². The molecule has 110 valence electrons. The average Bonchev–Trinajstić information content (AvgIpc) is 3.10. The highest BCUT2D eigenvalue weighted by Crippen LogP contribution is 2.48. The normalized spacial score (nSPS) is 24.8. The molecule has 20 heavy (non-hydrogen) atoms. The lowest BCUT2D eigenvalue weighted by atomic mass is 9.87. The quantitative estimate of drug-likeness (QED) is 0.633. The number of aryl methyl sites for hydroxylation is 1. The van der Waals surface area contributed by atoms with E-state index in [-0.39, 0.29) is 23.2 Å². The van der Waals surface area contributed by atoms with Crippen molar-refractivity contribution in [3.8, 4) is 0 Å². The van der Waals surface area contributed by atoms with Crippen LogP contribution in [0.1, 0.15) is 37.7 Å². The summed E-state index contributed by atoms with van der Waals surface area (Å²) in [7, 11) is -3.67. The maximum Gasteiger partial charge on any atom is 0.297 e. The van der Waals surface area contributed by atoms with Crippen molar-refractivity contribution in [2.24, 2.45) is 0 Å². The van der Waals surface area contributed by atoms with Crippen LogP contribution in [0.3, 0.4) is 0 Å². The minimum atomic E-state index is -3.67. The van der Waals surface area contributed by atoms with Crippen molar-refractivity contribution in [1.82, 2.24) is 0 Å². The summed E-state index contributed by atoms with van der Waals surface area (Å²) in [5.41, 5.74) is 0.941. The van der Waals surface area contributed by atoms with Crippen molar-refractivity contribution in [1.29, 1.82) is 0 Å². The van der Waals surface area contributed by atoms with Crippen LogP contribution in [0.25, 0.3) is 0 Å². The van der Waals surface area contributed by atoms with E-state index in [1.165, 1.54) is 19.3 Å². The van der Waals surface area contributed by atoms with Gasteiger partial charge < -0.3 is 4.74 Å². The molecule has 1 aliphatic heterocycles. The van der Waals surface area contributed by atoms with Crippen molar-refractivity contribution < 1.29 is 17.3 Å². The first-order chi connectivity index (χ1) is 9.52. The topological polar surface area (TPSA) is 55.9 Å². The molecule has 5 heteroatoms. The van der Waals surface area contributed by atoms with Crippen LogP contribution in [-0.2, 0) is 19.0 Å². The maximum atomic E-state index is 12.1. The Bertz CT molecular complexity index is 570. The summed E-state index contributed by atoms with van der Waals surface area (Å²) in [4.78, 5) is 0.210. The molecule has 0 bridgehead atoms. The summed E-state index contributed by atoms with van der Waals surface area (Å²) in [5, 5.41) is 0. The van der Waals surface area contributed by atoms with E-state index >= 15 is 0 Å². The van der Waals surface area contributed by atoms with Crippen molar-refractivity contribution >= 4 is 10.1 Å². The van der Waals surface area contributed by atoms with Crippen molar-refractivity contribution in [3.63, 3.8) is 0 Å². The molecule has 0 aromatic heterocycles. The van der Waals surface area contributed by atoms with Crippen molar-refractivity contribution in [3.05, 3.63) is 29.8 Å². The molecule has 0 N–H and O–H groups in total. The van der Waals surface area contributed by atoms with Gasteiger partial charge in [0.25, 0.3) is 10.1 Å². The fourth-order valence-corrected chi connectivity index (χ4v) is 3.86. The standard InChI is InChI=1S/C15H20O4S/c1-12-5-7-13(8-6-12)20(16,17)18-11-14-15(19-14)9-3-2-4-10-15/h5-8,14H,2-4,9-11H2,1H3/t14-/m0/s1. The highest BCUT2D eigenvalue weighted by molar-refractivity contribution is 7.86. The molecule has 2 fully saturated rings. The van der Waals surface area contributed by atoms with Gasteiger partial charge in [0.2, 0.25) is 0 Å². The van der Waals surface area contributed by atoms with Crippen LogP contribution in [0.4, 0.5) is 0 Å². The van der Waals surface area contributed by atoms with E-state index < -0.39 is 10.1 Å². The van der Waals surface area contributed by atoms with E-state index in [1.54, 1.807) is 24.3 Å². The molecule has 1 atom stereocenters. The maximum absolute atomic E-state index is 12.1. The number of benzene rings is 1. The fourth-order valence-electron chi connectivity index (χ4n) is 2.95. The summed E-state index contributed by atoms with van der Waals surface area (Å²) < 4.78 is 35.0. The number of epoxide rings is 1. The Hall–Kier alpha value is -0.910. The van der Waals surface area contributed by atoms with Gasteiger partial charge in [-0.25, -0.2) is 0 Å². The van der Waals surface area contributed by atoms with E-state index in [9.17, 15) is 8.42 Å². The van der Waals surface area contributed by atoms with Crippen LogP contribution in [0.15, 0.2) is 29.2 Å². The Labute approximate surface area is 120 Å². The molecule has 0 amide bonds. The van der Waals surface area contributed by atoms with Gasteiger partial charge >= 0.3 is 0 Å². The smallest absolute Gasteiger partial charge is 0.297 e. The van der Waals surface area contributed by atoms with Crippen LogP contribution in [0.5, 0.6) is 0 Å². The van der Waals surface area contributed by atoms with Crippen LogP contribution < -0.4 is 0 Å². The molecule has 1 aromatic rings. The van der Waals surface area contributed by atoms with E-state index in [0.717, 1.165) is 18.4 Å². The summed E-state index contributed by atoms with van der Waals surface area (Å²) in [6.07, 6.45) is 5.60. The van der Waals surface area contributed by atoms with Gasteiger partial charge in [-0.15, -0.1) is 0 Å². The molecule has 2 aliphatic rings. The van der Waals surface area contributed by atoms with Gasteiger partial charge in [-0.1, -0.05) is 37.0 Å². The van der Waals surface area contributed by atoms with Crippen molar-refractivity contribution in [2.75, 3.05) is 6.61 Å². The van der Waals surface area contributed by atoms with Crippen LogP contribution in [-0.4, -0.2) is 26.7 Å². The molecule has 1 spiro atoms. The van der Waals surface area contributed by atoms with Gasteiger partial charge in [0, 0.05) is 0 Å². The van der Waals surface area contributed by atoms with Crippen LogP contribution in [0.2, 0.25) is 0 Å². The Balaban J connectivity index is 1.59. The lowest BCUT2D eigenvalue weighted by Gasteiger charge is -2.18. The van der Waals surface area contributed by atoms with Gasteiger partial charge in [-0.05, 0) is 31.9 Å². The molecule has 1 saturated heterocycles. The van der Waals surface area contributed by atoms with Crippen LogP contribution >= 0.6 is 0 Å². The summed E-state index contributed by atoms with van der Waals surface area (Å²) in [5.74, 6) is 0. The minimum Gasteiger partial charge on any atom is -0.363 e. The highest BCUT2D eigenvalue weighted by atomic mass is 32.2. The zero-order valence-electron chi connectivity index (χ0n) is 11.7. The predicted molar refractivity (Wildman–Crippen MR) is 75.0 cm³/mol. The molecule has 0 unspecified atom stereocenters. The van der Waals surface area contributed by atoms with E-state index in [1.807, 2.05) is 6.92 Å². The lowest BCUT2D eigenvalue weighted by molar-refractivity contribution is 0.223. The fraction of sp³-hybridized carbons (Fsp3) is 0.600. The van der Waals surface area contributed by atoms with Gasteiger partial charge in [0.05, 0.1) is 17.1 Å². The number of hydrogen-bond donors (Lipinski definition) is 0. The van der Waals surface area contributed by atoms with Gasteiger partial charge in [0.15, 0.2) is 0 Å². The van der Waals surface area contributed by atoms with E-state index in [2.05, 4.69) is 0 Å². The Kier molecular flexibility index (Phi) is 3.60. The largest absolute Gasteiger partial charge is 0.363 e. The second-order valence-corrected chi connectivity index (χ2v) is 7.40. The van der Waals surface area contributed by atoms with E-state index in [4.69, 9.17) is 8.92 Å². The first-order valence-electron chi connectivity index (χ1n) is 7.16. The van der Waals surface area contributed by atoms with Crippen LogP contribution in [0, 0.1) is 6.92 Å². The summed E-state index contributed by atoms with van der Waals surface area (Å²) in [6, 6.07) is 6.70. The highest BCUT2D eigenvalue weighted by Gasteiger charge is 2.56. The van der Waals surface area contributed by atoms with Gasteiger partial charge in [0.1, 0.15) is 6.10 Å². The third-order valence-electron chi connectivity index (χ3n) is 4.29. The molecule has 1 aromatic carbocycles. The zero-order valence-corrected chi connectivity index (χ0v) is 12.5. The predicted octanol–water partition coefficient (Wildman–Crippen LogP) is 2.80. The molecule has 3 rings (SSSR count). The Morgan fingerprint density at radius 3 is 2.50 bits per heavy atom. The Morgan fingerprint density at radius 2 is 1.85 bits per heavy atom. The first kappa shape index (κ1) is 14.0. The first-order valence-corrected chi connectivity index (χ1v) is 8.57.